The smallest absolute Gasteiger partial charge is 0.265 e. The quantitative estimate of drug-likeness (QED) is 0.0199. The molecule has 4 rings (SSSR count). The van der Waals surface area contributed by atoms with E-state index in [1.165, 1.54) is 20.8 Å². The lowest BCUT2D eigenvalue weighted by Gasteiger charge is -2.42. The van der Waals surface area contributed by atoms with E-state index in [2.05, 4.69) is 57.7 Å². The molecule has 1 saturated carbocycles. The number of nitrogens with one attached hydrogen (secondary N) is 10. The van der Waals surface area contributed by atoms with Crippen molar-refractivity contribution in [1.29, 1.82) is 0 Å². The summed E-state index contributed by atoms with van der Waals surface area (Å²) in [6.07, 6.45) is -10.8. The molecule has 0 bridgehead atoms. The fraction of sp³-hybridized carbons (Fsp3) is 0.857. The standard InChI is InChI=1S/C77H138N11O33P/c1-48(92)85-64-70(105)67(102)54(45-89)119-75(64)115-36-15-9-22-58(96)79-29-18-32-82-61(99)25-40-112-52-43-51(74(108)88(4)35-13-7-8-21-57(95)78-28-12-5-6-14-39-118-122(109,110)111)44-53(113-41-26-62(100)83-33-19-30-80-59(97)23-10-16-37-116-76-65(86-49(2)93)71(106)68(103)55(46-90)120-76)73(52)114-42-27-63(101)84-34-20-31-81-60(98)24-11-17-38-117-77-66(87-50(3)94)72(107)69(104)56(47-91)121-77/h51-56,64-73,75-77,89-91,102-107H,5-47H2,1-4H3,(H,78,95)(H,79,96)(H,80,97)(H,81,98)(H,82,99)(H,83,100)(H,84,101)(H,85,92)(H,86,93)(H,87,94)(H2,109,110,111)/p-1/t51?,52-,53-,54-,55-,56-,64-,65-,66-,67+,68+,69+,70-,71-,72-,73?,75-,76-,77-/m1/s1. The Morgan fingerprint density at radius 3 is 0.975 bits per heavy atom. The normalized spacial score (nSPS) is 26.3. The Bertz CT molecular complexity index is 3030. The van der Waals surface area contributed by atoms with E-state index in [1.807, 2.05) is 0 Å². The first-order chi connectivity index (χ1) is 58.3. The molecular weight excluding hydrogens is 1640 g/mol. The number of phosphoric ester groups is 1. The molecule has 3 saturated heterocycles. The van der Waals surface area contributed by atoms with E-state index in [0.717, 1.165) is 0 Å². The fourth-order valence-corrected chi connectivity index (χ4v) is 14.2. The number of rotatable bonds is 63. The van der Waals surface area contributed by atoms with Crippen LogP contribution in [0.25, 0.3) is 0 Å². The van der Waals surface area contributed by atoms with Gasteiger partial charge in [0.15, 0.2) is 18.9 Å². The third-order valence-electron chi connectivity index (χ3n) is 20.5. The topological polar surface area (TPSA) is 646 Å². The summed E-state index contributed by atoms with van der Waals surface area (Å²) >= 11 is 0. The van der Waals surface area contributed by atoms with Gasteiger partial charge in [0, 0.05) is 151 Å². The van der Waals surface area contributed by atoms with E-state index in [0.29, 0.717) is 116 Å². The van der Waals surface area contributed by atoms with Crippen molar-refractivity contribution >= 4 is 72.8 Å². The highest BCUT2D eigenvalue weighted by molar-refractivity contribution is 7.44. The second-order valence-corrected chi connectivity index (χ2v) is 31.8. The fourth-order valence-electron chi connectivity index (χ4n) is 13.9. The van der Waals surface area contributed by atoms with Crippen molar-refractivity contribution < 1.29 is 160 Å². The lowest BCUT2D eigenvalue weighted by atomic mass is 9.82. The summed E-state index contributed by atoms with van der Waals surface area (Å²) in [5.41, 5.74) is 0. The zero-order chi connectivity index (χ0) is 89.9. The van der Waals surface area contributed by atoms with Gasteiger partial charge >= 0.3 is 0 Å². The Kier molecular flexibility index (Phi) is 54.0. The maximum Gasteiger partial charge on any atom is 0.265 e. The molecule has 11 amide bonds. The van der Waals surface area contributed by atoms with Crippen molar-refractivity contribution in [2.24, 2.45) is 5.92 Å². The highest BCUT2D eigenvalue weighted by Gasteiger charge is 2.49. The van der Waals surface area contributed by atoms with Gasteiger partial charge < -0.3 is 161 Å². The monoisotopic (exact) mass is 1770 g/mol. The maximum atomic E-state index is 14.5. The lowest BCUT2D eigenvalue weighted by Crippen LogP contribution is -2.64. The minimum atomic E-state index is -4.78. The number of phosphoric acid groups is 1. The van der Waals surface area contributed by atoms with E-state index >= 15 is 0 Å². The molecule has 0 spiro atoms. The Hall–Kier alpha value is -6.44. The molecule has 45 heteroatoms. The number of hydrogen-bond acceptors (Lipinski definition) is 32. The maximum absolute atomic E-state index is 14.5. The third kappa shape index (κ3) is 43.6. The van der Waals surface area contributed by atoms with Crippen molar-refractivity contribution in [3.8, 4) is 0 Å². The van der Waals surface area contributed by atoms with Crippen LogP contribution in [-0.4, -0.2) is 356 Å². The van der Waals surface area contributed by atoms with Gasteiger partial charge in [0.25, 0.3) is 7.82 Å². The molecule has 3 heterocycles. The zero-order valence-electron chi connectivity index (χ0n) is 70.6. The number of unbranched alkanes of at least 4 members (excludes halogenated alkanes) is 8. The Labute approximate surface area is 711 Å². The SMILES string of the molecule is CC(=O)N[C@H]1[C@H](OCCCCC(=O)NCCCNC(=O)CCOC2[C@H](OCCC(=O)NCCCNC(=O)CCCCO[C@@H]3O[C@H](CO)[C@H](O)[C@H](O)[C@H]3NC(C)=O)CC(C(=O)N(C)CCCCCC(=O)NCCCCCCOP(=O)([O-])O)C[C@H]2OCCC(=O)NCCCNC(=O)CCCCO[C@@H]2O[C@H](CO)[C@H](O)[C@H](O)[C@H]2NC(C)=O)O[C@H](CO)[C@H](O)[C@@H]1O. The van der Waals surface area contributed by atoms with Crippen LogP contribution in [0.1, 0.15) is 181 Å². The molecule has 3 aliphatic heterocycles. The molecule has 0 aromatic heterocycles. The molecule has 44 nitrogen and oxygen atoms in total. The Morgan fingerprint density at radius 2 is 0.656 bits per heavy atom. The molecule has 20 N–H and O–H groups in total. The van der Waals surface area contributed by atoms with Crippen molar-refractivity contribution in [2.45, 2.75) is 292 Å². The Morgan fingerprint density at radius 1 is 0.369 bits per heavy atom. The van der Waals surface area contributed by atoms with Gasteiger partial charge in [-0.15, -0.1) is 0 Å². The molecule has 0 radical (unpaired) electrons. The average Bonchev–Trinajstić information content (AvgIpc) is 0.826. The number of amides is 11. The molecular formula is C77H137N11O33P-. The lowest BCUT2D eigenvalue weighted by molar-refractivity contribution is -0.270. The minimum Gasteiger partial charge on any atom is -0.756 e. The largest absolute Gasteiger partial charge is 0.756 e. The van der Waals surface area contributed by atoms with Crippen LogP contribution >= 0.6 is 7.82 Å². The average molecular weight is 1780 g/mol. The van der Waals surface area contributed by atoms with Gasteiger partial charge in [-0.1, -0.05) is 19.3 Å². The summed E-state index contributed by atoms with van der Waals surface area (Å²) in [4.78, 5) is 162. The Balaban J connectivity index is 1.34. The molecule has 0 aromatic carbocycles. The summed E-state index contributed by atoms with van der Waals surface area (Å²) in [7, 11) is -3.13. The second-order valence-electron chi connectivity index (χ2n) is 30.7. The van der Waals surface area contributed by atoms with E-state index in [4.69, 9.17) is 47.5 Å². The van der Waals surface area contributed by atoms with Gasteiger partial charge in [-0.05, 0) is 96.3 Å². The van der Waals surface area contributed by atoms with Crippen LogP contribution in [0.3, 0.4) is 0 Å². The molecule has 4 aliphatic rings. The molecule has 4 fully saturated rings. The molecule has 122 heavy (non-hydrogen) atoms. The number of ether oxygens (including phenoxy) is 9. The van der Waals surface area contributed by atoms with E-state index in [9.17, 15) is 108 Å². The summed E-state index contributed by atoms with van der Waals surface area (Å²) in [6.45, 7) is 3.34. The number of carbonyl (C=O) groups is 11. The van der Waals surface area contributed by atoms with Gasteiger partial charge in [0.05, 0.1) is 58.5 Å². The first kappa shape index (κ1) is 108. The molecule has 0 aromatic rings. The first-order valence-corrected chi connectivity index (χ1v) is 44.0. The summed E-state index contributed by atoms with van der Waals surface area (Å²) < 4.78 is 68.4. The van der Waals surface area contributed by atoms with Crippen LogP contribution in [0, 0.1) is 5.92 Å². The number of aliphatic hydroxyl groups is 9. The molecule has 1 aliphatic carbocycles. The van der Waals surface area contributed by atoms with E-state index in [-0.39, 0.29) is 173 Å². The van der Waals surface area contributed by atoms with Gasteiger partial charge in [0.1, 0.15) is 79.2 Å². The third-order valence-corrected chi connectivity index (χ3v) is 21.0. The first-order valence-electron chi connectivity index (χ1n) is 42.5. The predicted octanol–water partition coefficient (Wildman–Crippen LogP) is -5.85. The van der Waals surface area contributed by atoms with Crippen LogP contribution in [-0.2, 0) is 104 Å². The summed E-state index contributed by atoms with van der Waals surface area (Å²) in [5.74, 6) is -4.65. The van der Waals surface area contributed by atoms with Gasteiger partial charge in [-0.2, -0.15) is 0 Å². The van der Waals surface area contributed by atoms with Gasteiger partial charge in [-0.25, -0.2) is 0 Å². The van der Waals surface area contributed by atoms with Crippen molar-refractivity contribution in [2.75, 3.05) is 125 Å². The molecule has 1 unspecified atom stereocenters. The van der Waals surface area contributed by atoms with Crippen LogP contribution in [0.4, 0.5) is 0 Å². The van der Waals surface area contributed by atoms with Crippen LogP contribution in [0.5, 0.6) is 0 Å². The van der Waals surface area contributed by atoms with Crippen LogP contribution < -0.4 is 58.1 Å². The van der Waals surface area contributed by atoms with Gasteiger partial charge in [0.2, 0.25) is 65.0 Å². The number of hydrogen-bond donors (Lipinski definition) is 20. The molecule has 704 valence electrons. The second kappa shape index (κ2) is 61.1. The van der Waals surface area contributed by atoms with Crippen molar-refractivity contribution in [3.63, 3.8) is 0 Å². The molecule has 18 atom stereocenters. The van der Waals surface area contributed by atoms with Crippen LogP contribution in [0.2, 0.25) is 0 Å². The zero-order valence-corrected chi connectivity index (χ0v) is 71.5. The minimum absolute atomic E-state index is 0.0610. The van der Waals surface area contributed by atoms with Gasteiger partial charge in [-0.3, -0.25) is 57.3 Å². The predicted molar refractivity (Wildman–Crippen MR) is 427 cm³/mol. The summed E-state index contributed by atoms with van der Waals surface area (Å²) in [5, 5.41) is 118. The highest BCUT2D eigenvalue weighted by atomic mass is 31.2. The number of nitrogens with zero attached hydrogens (tertiary/aromatic N) is 1. The summed E-state index contributed by atoms with van der Waals surface area (Å²) in [6, 6.07) is -3.33. The number of aliphatic hydroxyl groups excluding tert-OH is 9. The van der Waals surface area contributed by atoms with Crippen molar-refractivity contribution in [1.82, 2.24) is 58.1 Å². The van der Waals surface area contributed by atoms with E-state index < -0.39 is 179 Å². The van der Waals surface area contributed by atoms with Crippen molar-refractivity contribution in [3.05, 3.63) is 0 Å². The number of carbonyl (C=O) groups excluding carboxylic acids is 11. The highest BCUT2D eigenvalue weighted by Crippen LogP contribution is 2.34. The van der Waals surface area contributed by atoms with Crippen LogP contribution in [0.15, 0.2) is 0 Å². The van der Waals surface area contributed by atoms with E-state index in [1.54, 1.807) is 11.9 Å².